The maximum Gasteiger partial charge on any atom is 0.295 e. The quantitative estimate of drug-likeness (QED) is 0.724. The fourth-order valence-corrected chi connectivity index (χ4v) is 2.61. The molecule has 2 aliphatic rings. The monoisotopic (exact) mass is 220 g/mol. The van der Waals surface area contributed by atoms with Crippen LogP contribution in [0.3, 0.4) is 0 Å². The summed E-state index contributed by atoms with van der Waals surface area (Å²) in [7, 11) is 0. The fourth-order valence-electron chi connectivity index (χ4n) is 2.61. The lowest BCUT2D eigenvalue weighted by Gasteiger charge is -2.34. The van der Waals surface area contributed by atoms with Crippen molar-refractivity contribution in [1.29, 1.82) is 0 Å². The zero-order valence-corrected chi connectivity index (χ0v) is 7.61. The molecule has 1 aromatic heterocycles. The molecule has 1 aromatic rings. The van der Waals surface area contributed by atoms with E-state index >= 15 is 0 Å². The van der Waals surface area contributed by atoms with Crippen LogP contribution in [-0.2, 0) is 5.92 Å². The summed E-state index contributed by atoms with van der Waals surface area (Å²) in [5.41, 5.74) is -0.798. The Hall–Kier alpha value is -1.07. The second kappa shape index (κ2) is 2.54. The number of hydrogen-bond acceptors (Lipinski definition) is 1. The number of aromatic nitrogens is 2. The van der Waals surface area contributed by atoms with Crippen LogP contribution in [0.1, 0.15) is 42.1 Å². The first-order valence-corrected chi connectivity index (χ1v) is 4.78. The van der Waals surface area contributed by atoms with Crippen LogP contribution in [0.25, 0.3) is 0 Å². The van der Waals surface area contributed by atoms with Crippen LogP contribution in [-0.4, -0.2) is 10.2 Å². The molecule has 2 nitrogen and oxygen atoms in total. The molecule has 1 N–H and O–H groups in total. The Morgan fingerprint density at radius 3 is 2.60 bits per heavy atom. The van der Waals surface area contributed by atoms with Crippen LogP contribution in [0.2, 0.25) is 0 Å². The molecular formula is C9H8F4N2. The maximum atomic E-state index is 13.6. The molecule has 0 bridgehead atoms. The maximum absolute atomic E-state index is 13.6. The minimum atomic E-state index is -3.03. The number of aromatic amines is 1. The van der Waals surface area contributed by atoms with Crippen molar-refractivity contribution in [2.45, 2.75) is 31.1 Å². The molecule has 0 aromatic carbocycles. The van der Waals surface area contributed by atoms with Crippen molar-refractivity contribution < 1.29 is 17.6 Å². The van der Waals surface area contributed by atoms with E-state index in [-0.39, 0.29) is 5.56 Å². The summed E-state index contributed by atoms with van der Waals surface area (Å²) < 4.78 is 52.2. The van der Waals surface area contributed by atoms with Gasteiger partial charge in [-0.3, -0.25) is 5.10 Å². The lowest BCUT2D eigenvalue weighted by atomic mass is 9.73. The van der Waals surface area contributed by atoms with Crippen LogP contribution in [0, 0.1) is 5.92 Å². The van der Waals surface area contributed by atoms with Crippen molar-refractivity contribution in [3.05, 3.63) is 17.0 Å². The van der Waals surface area contributed by atoms with Gasteiger partial charge in [-0.1, -0.05) is 0 Å². The van der Waals surface area contributed by atoms with Crippen LogP contribution in [0.4, 0.5) is 17.6 Å². The van der Waals surface area contributed by atoms with E-state index in [1.54, 1.807) is 0 Å². The average molecular weight is 220 g/mol. The van der Waals surface area contributed by atoms with Gasteiger partial charge >= 0.3 is 0 Å². The van der Waals surface area contributed by atoms with E-state index in [1.807, 2.05) is 5.10 Å². The highest BCUT2D eigenvalue weighted by atomic mass is 19.3. The Labute approximate surface area is 82.7 Å². The van der Waals surface area contributed by atoms with Gasteiger partial charge in [-0.25, -0.2) is 8.78 Å². The second-order valence-electron chi connectivity index (χ2n) is 4.11. The third-order valence-electron chi connectivity index (χ3n) is 3.48. The summed E-state index contributed by atoms with van der Waals surface area (Å²) in [5, 5.41) is 5.39. The molecule has 1 heterocycles. The molecule has 0 aliphatic heterocycles. The van der Waals surface area contributed by atoms with Gasteiger partial charge in [0.15, 0.2) is 0 Å². The predicted molar refractivity (Wildman–Crippen MR) is 42.9 cm³/mol. The van der Waals surface area contributed by atoms with Crippen LogP contribution < -0.4 is 0 Å². The van der Waals surface area contributed by atoms with Gasteiger partial charge in [0.25, 0.3) is 12.3 Å². The van der Waals surface area contributed by atoms with E-state index in [0.29, 0.717) is 12.8 Å². The van der Waals surface area contributed by atoms with E-state index in [9.17, 15) is 17.6 Å². The number of halogens is 4. The Morgan fingerprint density at radius 1 is 1.33 bits per heavy atom. The molecule has 15 heavy (non-hydrogen) atoms. The first kappa shape index (κ1) is 9.18. The SMILES string of the molecule is FC(F)c1[nH]nc2c1C1CC[C@H]1C2(F)F. The number of fused-ring (bicyclic) bond motifs is 3. The second-order valence-corrected chi connectivity index (χ2v) is 4.11. The lowest BCUT2D eigenvalue weighted by Crippen LogP contribution is -2.31. The Morgan fingerprint density at radius 2 is 2.07 bits per heavy atom. The standard InChI is InChI=1S/C9H8F4N2/c10-8(11)6-5-3-1-2-4(3)9(12,13)7(5)15-14-6/h3-4,8H,1-2H2,(H,14,15)/t3?,4-/m1/s1. The van der Waals surface area contributed by atoms with Crippen molar-refractivity contribution in [2.75, 3.05) is 0 Å². The van der Waals surface area contributed by atoms with Crippen LogP contribution >= 0.6 is 0 Å². The lowest BCUT2D eigenvalue weighted by molar-refractivity contribution is -0.0908. The van der Waals surface area contributed by atoms with E-state index < -0.39 is 35.6 Å². The molecule has 2 aliphatic carbocycles. The Balaban J connectivity index is 2.16. The molecule has 2 atom stereocenters. The third kappa shape index (κ3) is 0.922. The average Bonchev–Trinajstić information content (AvgIpc) is 2.50. The fraction of sp³-hybridized carbons (Fsp3) is 0.667. The summed E-state index contributed by atoms with van der Waals surface area (Å²) in [5.74, 6) is -4.25. The van der Waals surface area contributed by atoms with Crippen molar-refractivity contribution in [3.8, 4) is 0 Å². The van der Waals surface area contributed by atoms with Gasteiger partial charge in [0, 0.05) is 11.5 Å². The minimum Gasteiger partial charge on any atom is -0.276 e. The van der Waals surface area contributed by atoms with Crippen molar-refractivity contribution >= 4 is 0 Å². The smallest absolute Gasteiger partial charge is 0.276 e. The van der Waals surface area contributed by atoms with Gasteiger partial charge < -0.3 is 0 Å². The van der Waals surface area contributed by atoms with E-state index in [2.05, 4.69) is 5.10 Å². The molecule has 1 saturated carbocycles. The number of rotatable bonds is 1. The topological polar surface area (TPSA) is 28.7 Å². The molecule has 0 radical (unpaired) electrons. The number of H-pyrrole nitrogens is 1. The molecule has 0 saturated heterocycles. The first-order chi connectivity index (χ1) is 7.03. The minimum absolute atomic E-state index is 0.0752. The summed E-state index contributed by atoms with van der Waals surface area (Å²) in [6.45, 7) is 0. The highest BCUT2D eigenvalue weighted by molar-refractivity contribution is 5.42. The van der Waals surface area contributed by atoms with Gasteiger partial charge in [0.2, 0.25) is 0 Å². The van der Waals surface area contributed by atoms with Crippen molar-refractivity contribution in [2.24, 2.45) is 5.92 Å². The highest BCUT2D eigenvalue weighted by Gasteiger charge is 2.61. The highest BCUT2D eigenvalue weighted by Crippen LogP contribution is 2.62. The zero-order chi connectivity index (χ0) is 10.8. The summed E-state index contributed by atoms with van der Waals surface area (Å²) in [6, 6.07) is 0. The number of hydrogen-bond donors (Lipinski definition) is 1. The van der Waals surface area contributed by atoms with E-state index in [4.69, 9.17) is 0 Å². The molecular weight excluding hydrogens is 212 g/mol. The van der Waals surface area contributed by atoms with Crippen molar-refractivity contribution in [1.82, 2.24) is 10.2 Å². The summed E-state index contributed by atoms with van der Waals surface area (Å²) in [6.07, 6.45) is -1.79. The normalized spacial score (nSPS) is 31.3. The van der Waals surface area contributed by atoms with Gasteiger partial charge in [0.05, 0.1) is 0 Å². The predicted octanol–water partition coefficient (Wildman–Crippen LogP) is 2.95. The van der Waals surface area contributed by atoms with Gasteiger partial charge in [-0.15, -0.1) is 0 Å². The molecule has 3 rings (SSSR count). The molecule has 0 spiro atoms. The number of nitrogens with zero attached hydrogens (tertiary/aromatic N) is 1. The largest absolute Gasteiger partial charge is 0.295 e. The zero-order valence-electron chi connectivity index (χ0n) is 7.61. The van der Waals surface area contributed by atoms with Gasteiger partial charge in [-0.05, 0) is 18.8 Å². The van der Waals surface area contributed by atoms with E-state index in [0.717, 1.165) is 0 Å². The Bertz CT molecular complexity index is 412. The third-order valence-corrected chi connectivity index (χ3v) is 3.48. The van der Waals surface area contributed by atoms with E-state index in [1.165, 1.54) is 0 Å². The van der Waals surface area contributed by atoms with Crippen LogP contribution in [0.5, 0.6) is 0 Å². The van der Waals surface area contributed by atoms with Gasteiger partial charge in [0.1, 0.15) is 11.4 Å². The van der Waals surface area contributed by atoms with Gasteiger partial charge in [-0.2, -0.15) is 13.9 Å². The number of alkyl halides is 4. The molecule has 0 amide bonds. The molecule has 6 heteroatoms. The first-order valence-electron chi connectivity index (χ1n) is 4.78. The Kier molecular flexibility index (Phi) is 1.55. The van der Waals surface area contributed by atoms with Crippen molar-refractivity contribution in [3.63, 3.8) is 0 Å². The molecule has 1 fully saturated rings. The molecule has 82 valence electrons. The summed E-state index contributed by atoms with van der Waals surface area (Å²) in [4.78, 5) is 0. The number of nitrogens with one attached hydrogen (secondary N) is 1. The molecule has 1 unspecified atom stereocenters. The van der Waals surface area contributed by atoms with Crippen LogP contribution in [0.15, 0.2) is 0 Å². The summed E-state index contributed by atoms with van der Waals surface area (Å²) >= 11 is 0.